The third-order valence-electron chi connectivity index (χ3n) is 3.55. The fraction of sp³-hybridized carbons (Fsp3) is 0.235. The molecule has 0 saturated carbocycles. The number of para-hydroxylation sites is 2. The Morgan fingerprint density at radius 1 is 1.08 bits per heavy atom. The fourth-order valence-corrected chi connectivity index (χ4v) is 2.26. The fourth-order valence-electron chi connectivity index (χ4n) is 2.26. The number of amides is 1. The van der Waals surface area contributed by atoms with Crippen LogP contribution in [-0.2, 0) is 17.5 Å². The molecule has 0 saturated heterocycles. The first kappa shape index (κ1) is 16.2. The number of alkyl halides is 3. The van der Waals surface area contributed by atoms with Gasteiger partial charge >= 0.3 is 6.18 Å². The lowest BCUT2D eigenvalue weighted by Crippen LogP contribution is -2.43. The third-order valence-corrected chi connectivity index (χ3v) is 3.55. The van der Waals surface area contributed by atoms with E-state index in [4.69, 9.17) is 9.47 Å². The van der Waals surface area contributed by atoms with Crippen LogP contribution >= 0.6 is 0 Å². The van der Waals surface area contributed by atoms with Gasteiger partial charge in [-0.1, -0.05) is 24.3 Å². The summed E-state index contributed by atoms with van der Waals surface area (Å²) in [4.78, 5) is 12.1. The molecule has 4 nitrogen and oxygen atoms in total. The number of halogens is 3. The second-order valence-corrected chi connectivity index (χ2v) is 5.28. The van der Waals surface area contributed by atoms with Crippen LogP contribution in [0.1, 0.15) is 11.1 Å². The molecule has 1 atom stereocenters. The van der Waals surface area contributed by atoms with Gasteiger partial charge in [0, 0.05) is 6.54 Å². The summed E-state index contributed by atoms with van der Waals surface area (Å²) in [6.07, 6.45) is -5.17. The second kappa shape index (κ2) is 6.43. The number of rotatable bonds is 3. The van der Waals surface area contributed by atoms with E-state index in [1.807, 2.05) is 0 Å². The van der Waals surface area contributed by atoms with Crippen LogP contribution in [0, 0.1) is 0 Å². The van der Waals surface area contributed by atoms with E-state index in [0.717, 1.165) is 12.1 Å². The average molecular weight is 337 g/mol. The van der Waals surface area contributed by atoms with Crippen LogP contribution in [0.2, 0.25) is 0 Å². The molecule has 1 N–H and O–H groups in total. The summed E-state index contributed by atoms with van der Waals surface area (Å²) in [7, 11) is 0. The zero-order valence-corrected chi connectivity index (χ0v) is 12.5. The molecule has 0 aromatic heterocycles. The molecule has 126 valence electrons. The van der Waals surface area contributed by atoms with Gasteiger partial charge in [-0.15, -0.1) is 0 Å². The largest absolute Gasteiger partial charge is 0.485 e. The van der Waals surface area contributed by atoms with Gasteiger partial charge in [-0.05, 0) is 29.8 Å². The summed E-state index contributed by atoms with van der Waals surface area (Å²) in [6.45, 7) is 0.189. The Labute approximate surface area is 136 Å². The van der Waals surface area contributed by atoms with Gasteiger partial charge in [0.15, 0.2) is 11.5 Å². The highest BCUT2D eigenvalue weighted by molar-refractivity contribution is 5.81. The van der Waals surface area contributed by atoms with Gasteiger partial charge in [0.05, 0.1) is 5.56 Å². The maximum Gasteiger partial charge on any atom is 0.416 e. The first-order chi connectivity index (χ1) is 11.4. The maximum absolute atomic E-state index is 12.5. The lowest BCUT2D eigenvalue weighted by atomic mass is 10.1. The predicted octanol–water partition coefficient (Wildman–Crippen LogP) is 3.16. The van der Waals surface area contributed by atoms with Crippen LogP contribution in [-0.4, -0.2) is 18.6 Å². The highest BCUT2D eigenvalue weighted by atomic mass is 19.4. The van der Waals surface area contributed by atoms with E-state index in [9.17, 15) is 18.0 Å². The van der Waals surface area contributed by atoms with E-state index in [1.165, 1.54) is 12.1 Å². The van der Waals surface area contributed by atoms with Crippen molar-refractivity contribution in [1.82, 2.24) is 5.32 Å². The first-order valence-corrected chi connectivity index (χ1v) is 7.26. The molecule has 2 aromatic rings. The average Bonchev–Trinajstić information content (AvgIpc) is 2.59. The first-order valence-electron chi connectivity index (χ1n) is 7.26. The van der Waals surface area contributed by atoms with E-state index in [1.54, 1.807) is 24.3 Å². The topological polar surface area (TPSA) is 47.6 Å². The van der Waals surface area contributed by atoms with E-state index >= 15 is 0 Å². The van der Waals surface area contributed by atoms with E-state index in [2.05, 4.69) is 5.32 Å². The quantitative estimate of drug-likeness (QED) is 0.936. The lowest BCUT2D eigenvalue weighted by molar-refractivity contribution is -0.137. The molecular weight excluding hydrogens is 323 g/mol. The van der Waals surface area contributed by atoms with E-state index in [-0.39, 0.29) is 19.1 Å². The number of nitrogens with one attached hydrogen (secondary N) is 1. The van der Waals surface area contributed by atoms with Crippen molar-refractivity contribution < 1.29 is 27.4 Å². The minimum absolute atomic E-state index is 0.0792. The van der Waals surface area contributed by atoms with Crippen LogP contribution in [0.25, 0.3) is 0 Å². The smallest absolute Gasteiger partial charge is 0.416 e. The molecule has 2 aromatic carbocycles. The number of ether oxygens (including phenoxy) is 2. The Morgan fingerprint density at radius 3 is 2.42 bits per heavy atom. The van der Waals surface area contributed by atoms with Gasteiger partial charge in [-0.25, -0.2) is 0 Å². The standard InChI is InChI=1S/C17H14F3NO3/c18-17(19,20)12-7-5-11(6-8-12)9-21-16(22)15-10-23-13-3-1-2-4-14(13)24-15/h1-8,15H,9-10H2,(H,21,22). The molecule has 0 aliphatic carbocycles. The van der Waals surface area contributed by atoms with Gasteiger partial charge in [0.2, 0.25) is 6.10 Å². The summed E-state index contributed by atoms with van der Waals surface area (Å²) in [5.41, 5.74) is -0.160. The molecule has 3 rings (SSSR count). The zero-order chi connectivity index (χ0) is 17.2. The Morgan fingerprint density at radius 2 is 1.75 bits per heavy atom. The van der Waals surface area contributed by atoms with E-state index < -0.39 is 17.8 Å². The molecule has 0 radical (unpaired) electrons. The van der Waals surface area contributed by atoms with Gasteiger partial charge < -0.3 is 14.8 Å². The Balaban J connectivity index is 1.56. The van der Waals surface area contributed by atoms with Crippen molar-refractivity contribution in [3.63, 3.8) is 0 Å². The van der Waals surface area contributed by atoms with Gasteiger partial charge in [-0.2, -0.15) is 13.2 Å². The number of benzene rings is 2. The number of carbonyl (C=O) groups is 1. The second-order valence-electron chi connectivity index (χ2n) is 5.28. The molecule has 1 unspecified atom stereocenters. The zero-order valence-electron chi connectivity index (χ0n) is 12.5. The Hall–Kier alpha value is -2.70. The number of hydrogen-bond donors (Lipinski definition) is 1. The molecule has 7 heteroatoms. The van der Waals surface area contributed by atoms with Gasteiger partial charge in [0.1, 0.15) is 6.61 Å². The van der Waals surface area contributed by atoms with Crippen LogP contribution < -0.4 is 14.8 Å². The molecular formula is C17H14F3NO3. The highest BCUT2D eigenvalue weighted by Gasteiger charge is 2.30. The predicted molar refractivity (Wildman–Crippen MR) is 79.6 cm³/mol. The molecule has 1 amide bonds. The Kier molecular flexibility index (Phi) is 4.33. The summed E-state index contributed by atoms with van der Waals surface area (Å²) in [5, 5.41) is 2.63. The van der Waals surface area contributed by atoms with Gasteiger partial charge in [-0.3, -0.25) is 4.79 Å². The number of fused-ring (bicyclic) bond motifs is 1. The molecule has 24 heavy (non-hydrogen) atoms. The van der Waals surface area contributed by atoms with Crippen molar-refractivity contribution in [2.75, 3.05) is 6.61 Å². The van der Waals surface area contributed by atoms with Gasteiger partial charge in [0.25, 0.3) is 5.91 Å². The van der Waals surface area contributed by atoms with Crippen molar-refractivity contribution in [1.29, 1.82) is 0 Å². The number of carbonyl (C=O) groups excluding carboxylic acids is 1. The lowest BCUT2D eigenvalue weighted by Gasteiger charge is -2.25. The summed E-state index contributed by atoms with van der Waals surface area (Å²) < 4.78 is 48.5. The third kappa shape index (κ3) is 3.61. The van der Waals surface area contributed by atoms with Crippen molar-refractivity contribution in [3.8, 4) is 11.5 Å². The summed E-state index contributed by atoms with van der Waals surface area (Å²) >= 11 is 0. The number of hydrogen-bond acceptors (Lipinski definition) is 3. The molecule has 0 spiro atoms. The minimum atomic E-state index is -4.37. The minimum Gasteiger partial charge on any atom is -0.485 e. The van der Waals surface area contributed by atoms with Crippen molar-refractivity contribution >= 4 is 5.91 Å². The van der Waals surface area contributed by atoms with E-state index in [0.29, 0.717) is 17.1 Å². The van der Waals surface area contributed by atoms with Crippen molar-refractivity contribution in [3.05, 3.63) is 59.7 Å². The van der Waals surface area contributed by atoms with Crippen LogP contribution in [0.3, 0.4) is 0 Å². The highest BCUT2D eigenvalue weighted by Crippen LogP contribution is 2.31. The molecule has 1 heterocycles. The molecule has 0 fully saturated rings. The van der Waals surface area contributed by atoms with Crippen molar-refractivity contribution in [2.45, 2.75) is 18.8 Å². The molecule has 1 aliphatic rings. The van der Waals surface area contributed by atoms with Crippen molar-refractivity contribution in [2.24, 2.45) is 0 Å². The molecule has 0 bridgehead atoms. The normalized spacial score (nSPS) is 16.5. The Bertz CT molecular complexity index is 729. The monoisotopic (exact) mass is 337 g/mol. The summed E-state index contributed by atoms with van der Waals surface area (Å²) in [5.74, 6) is 0.673. The SMILES string of the molecule is O=C(NCc1ccc(C(F)(F)F)cc1)C1COc2ccccc2O1. The molecule has 1 aliphatic heterocycles. The maximum atomic E-state index is 12.5. The summed E-state index contributed by atoms with van der Waals surface area (Å²) in [6, 6.07) is 11.6. The van der Waals surface area contributed by atoms with Crippen LogP contribution in [0.15, 0.2) is 48.5 Å². The van der Waals surface area contributed by atoms with Crippen LogP contribution in [0.5, 0.6) is 11.5 Å². The van der Waals surface area contributed by atoms with Crippen LogP contribution in [0.4, 0.5) is 13.2 Å².